The summed E-state index contributed by atoms with van der Waals surface area (Å²) in [5.41, 5.74) is 2.67. The van der Waals surface area contributed by atoms with Gasteiger partial charge < -0.3 is 0 Å². The third-order valence-electron chi connectivity index (χ3n) is 3.28. The molecule has 0 saturated heterocycles. The number of benzene rings is 2. The number of hydrogen-bond acceptors (Lipinski definition) is 2. The number of aryl methyl sites for hydroxylation is 2. The molecule has 3 aromatic rings. The fourth-order valence-corrected chi connectivity index (χ4v) is 3.93. The molecule has 0 atom stereocenters. The number of rotatable bonds is 2. The van der Waals surface area contributed by atoms with Crippen LogP contribution in [0.3, 0.4) is 0 Å². The smallest absolute Gasteiger partial charge is 0.204 e. The highest BCUT2D eigenvalue weighted by atomic mass is 35.5. The molecule has 106 valence electrons. The summed E-state index contributed by atoms with van der Waals surface area (Å²) >= 11 is 7.53. The van der Waals surface area contributed by atoms with Gasteiger partial charge >= 0.3 is 0 Å². The second-order valence-corrected chi connectivity index (χ2v) is 6.52. The molecule has 1 aromatic heterocycles. The van der Waals surface area contributed by atoms with Crippen molar-refractivity contribution in [3.8, 4) is 0 Å². The first-order valence-corrected chi connectivity index (χ1v) is 7.65. The van der Waals surface area contributed by atoms with E-state index in [2.05, 4.69) is 0 Å². The van der Waals surface area contributed by atoms with Crippen molar-refractivity contribution in [3.05, 3.63) is 68.8 Å². The van der Waals surface area contributed by atoms with Gasteiger partial charge in [-0.3, -0.25) is 4.79 Å². The molecular formula is C17H12ClFOS. The van der Waals surface area contributed by atoms with Crippen LogP contribution in [-0.4, -0.2) is 5.78 Å². The van der Waals surface area contributed by atoms with Gasteiger partial charge in [-0.15, -0.1) is 11.3 Å². The summed E-state index contributed by atoms with van der Waals surface area (Å²) in [6.07, 6.45) is 0. The van der Waals surface area contributed by atoms with Crippen LogP contribution in [0, 0.1) is 19.7 Å². The number of fused-ring (bicyclic) bond motifs is 1. The van der Waals surface area contributed by atoms with E-state index in [0.717, 1.165) is 16.5 Å². The highest BCUT2D eigenvalue weighted by molar-refractivity contribution is 7.21. The van der Waals surface area contributed by atoms with Crippen LogP contribution >= 0.6 is 22.9 Å². The van der Waals surface area contributed by atoms with E-state index >= 15 is 0 Å². The van der Waals surface area contributed by atoms with E-state index in [0.29, 0.717) is 20.2 Å². The molecule has 4 heteroatoms. The minimum absolute atomic E-state index is 0.117. The Morgan fingerprint density at radius 1 is 1.10 bits per heavy atom. The Morgan fingerprint density at radius 2 is 1.76 bits per heavy atom. The van der Waals surface area contributed by atoms with Crippen molar-refractivity contribution >= 4 is 38.8 Å². The van der Waals surface area contributed by atoms with Crippen LogP contribution < -0.4 is 0 Å². The number of ketones is 1. The largest absolute Gasteiger partial charge is 0.288 e. The topological polar surface area (TPSA) is 17.1 Å². The summed E-state index contributed by atoms with van der Waals surface area (Å²) in [4.78, 5) is 13.1. The fraction of sp³-hybridized carbons (Fsp3) is 0.118. The quantitative estimate of drug-likeness (QED) is 0.567. The molecule has 0 aliphatic rings. The predicted molar refractivity (Wildman–Crippen MR) is 86.1 cm³/mol. The van der Waals surface area contributed by atoms with Gasteiger partial charge in [0.05, 0.1) is 9.90 Å². The molecule has 0 aliphatic heterocycles. The van der Waals surface area contributed by atoms with Crippen LogP contribution in [0.2, 0.25) is 5.02 Å². The molecule has 0 fully saturated rings. The molecule has 1 nitrogen and oxygen atoms in total. The molecule has 3 rings (SSSR count). The Labute approximate surface area is 131 Å². The molecule has 0 N–H and O–H groups in total. The minimum atomic E-state index is -0.328. The third kappa shape index (κ3) is 2.59. The maximum atomic E-state index is 13.3. The lowest BCUT2D eigenvalue weighted by molar-refractivity contribution is 0.104. The molecule has 0 saturated carbocycles. The average molecular weight is 319 g/mol. The summed E-state index contributed by atoms with van der Waals surface area (Å²) in [5.74, 6) is -0.445. The zero-order chi connectivity index (χ0) is 15.1. The number of carbonyl (C=O) groups is 1. The molecule has 0 amide bonds. The van der Waals surface area contributed by atoms with Gasteiger partial charge in [0.1, 0.15) is 5.82 Å². The van der Waals surface area contributed by atoms with Gasteiger partial charge in [0.15, 0.2) is 0 Å². The SMILES string of the molecule is Cc1cc(C)cc(C(=O)c2sc3cc(F)ccc3c2Cl)c1. The van der Waals surface area contributed by atoms with Gasteiger partial charge in [-0.25, -0.2) is 4.39 Å². The number of thiophene rings is 1. The Bertz CT molecular complexity index is 846. The Morgan fingerprint density at radius 3 is 2.43 bits per heavy atom. The molecule has 0 unspecified atom stereocenters. The minimum Gasteiger partial charge on any atom is -0.288 e. The van der Waals surface area contributed by atoms with Crippen LogP contribution in [0.25, 0.3) is 10.1 Å². The Hall–Kier alpha value is -1.71. The van der Waals surface area contributed by atoms with Gasteiger partial charge in [0, 0.05) is 15.6 Å². The maximum Gasteiger partial charge on any atom is 0.204 e. The first kappa shape index (κ1) is 14.2. The lowest BCUT2D eigenvalue weighted by Crippen LogP contribution is -2.00. The summed E-state index contributed by atoms with van der Waals surface area (Å²) in [5, 5.41) is 1.12. The zero-order valence-corrected chi connectivity index (χ0v) is 13.1. The number of hydrogen-bond donors (Lipinski definition) is 0. The van der Waals surface area contributed by atoms with Crippen molar-refractivity contribution in [1.29, 1.82) is 0 Å². The van der Waals surface area contributed by atoms with Gasteiger partial charge in [-0.1, -0.05) is 28.8 Å². The standard InChI is InChI=1S/C17H12ClFOS/c1-9-5-10(2)7-11(6-9)16(20)17-15(18)13-4-3-12(19)8-14(13)21-17/h3-8H,1-2H3. The molecular weight excluding hydrogens is 307 g/mol. The van der Waals surface area contributed by atoms with E-state index in [9.17, 15) is 9.18 Å². The van der Waals surface area contributed by atoms with E-state index in [4.69, 9.17) is 11.6 Å². The first-order chi connectivity index (χ1) is 9.95. The second kappa shape index (κ2) is 5.24. The van der Waals surface area contributed by atoms with Crippen molar-refractivity contribution in [2.24, 2.45) is 0 Å². The van der Waals surface area contributed by atoms with Crippen LogP contribution in [0.1, 0.15) is 26.4 Å². The number of halogens is 2. The molecule has 0 radical (unpaired) electrons. The Kier molecular flexibility index (Phi) is 3.56. The summed E-state index contributed by atoms with van der Waals surface area (Å²) in [7, 11) is 0. The monoisotopic (exact) mass is 318 g/mol. The molecule has 1 heterocycles. The molecule has 21 heavy (non-hydrogen) atoms. The molecule has 2 aromatic carbocycles. The second-order valence-electron chi connectivity index (χ2n) is 5.09. The predicted octanol–water partition coefficient (Wildman–Crippen LogP) is 5.54. The van der Waals surface area contributed by atoms with Crippen molar-refractivity contribution in [1.82, 2.24) is 0 Å². The first-order valence-electron chi connectivity index (χ1n) is 6.46. The lowest BCUT2D eigenvalue weighted by atomic mass is 10.0. The van der Waals surface area contributed by atoms with Crippen molar-refractivity contribution < 1.29 is 9.18 Å². The lowest BCUT2D eigenvalue weighted by Gasteiger charge is -2.03. The summed E-state index contributed by atoms with van der Waals surface area (Å²) < 4.78 is 14.0. The number of carbonyl (C=O) groups excluding carboxylic acids is 1. The zero-order valence-electron chi connectivity index (χ0n) is 11.5. The highest BCUT2D eigenvalue weighted by Crippen LogP contribution is 2.37. The maximum absolute atomic E-state index is 13.3. The molecule has 0 aliphatic carbocycles. The molecule has 0 spiro atoms. The van der Waals surface area contributed by atoms with Crippen molar-refractivity contribution in [2.45, 2.75) is 13.8 Å². The average Bonchev–Trinajstić information content (AvgIpc) is 2.73. The van der Waals surface area contributed by atoms with Crippen LogP contribution in [0.5, 0.6) is 0 Å². The van der Waals surface area contributed by atoms with Crippen LogP contribution in [-0.2, 0) is 0 Å². The third-order valence-corrected chi connectivity index (χ3v) is 4.94. The van der Waals surface area contributed by atoms with E-state index in [-0.39, 0.29) is 11.6 Å². The molecule has 0 bridgehead atoms. The van der Waals surface area contributed by atoms with Crippen molar-refractivity contribution in [3.63, 3.8) is 0 Å². The normalized spacial score (nSPS) is 11.0. The van der Waals surface area contributed by atoms with Gasteiger partial charge in [-0.2, -0.15) is 0 Å². The van der Waals surface area contributed by atoms with Crippen LogP contribution in [0.4, 0.5) is 4.39 Å². The van der Waals surface area contributed by atoms with E-state index in [1.807, 2.05) is 32.0 Å². The van der Waals surface area contributed by atoms with Crippen molar-refractivity contribution in [2.75, 3.05) is 0 Å². The Balaban J connectivity index is 2.15. The van der Waals surface area contributed by atoms with E-state index in [1.165, 1.54) is 23.5 Å². The van der Waals surface area contributed by atoms with E-state index < -0.39 is 0 Å². The van der Waals surface area contributed by atoms with Crippen LogP contribution in [0.15, 0.2) is 36.4 Å². The van der Waals surface area contributed by atoms with E-state index in [1.54, 1.807) is 6.07 Å². The van der Waals surface area contributed by atoms with Gasteiger partial charge in [0.2, 0.25) is 5.78 Å². The van der Waals surface area contributed by atoms with Gasteiger partial charge in [0.25, 0.3) is 0 Å². The van der Waals surface area contributed by atoms with Gasteiger partial charge in [-0.05, 0) is 44.2 Å². The summed E-state index contributed by atoms with van der Waals surface area (Å²) in [6, 6.07) is 10.1. The highest BCUT2D eigenvalue weighted by Gasteiger charge is 2.19. The fourth-order valence-electron chi connectivity index (χ4n) is 2.42. The summed E-state index contributed by atoms with van der Waals surface area (Å²) in [6.45, 7) is 3.90.